The van der Waals surface area contributed by atoms with Crippen LogP contribution >= 0.6 is 0 Å². The molecule has 1 aromatic carbocycles. The van der Waals surface area contributed by atoms with Gasteiger partial charge in [-0.25, -0.2) is 0 Å². The first-order valence-electron chi connectivity index (χ1n) is 9.09. The minimum absolute atomic E-state index is 0.0492. The minimum Gasteiger partial charge on any atom is -0.339 e. The van der Waals surface area contributed by atoms with Crippen molar-refractivity contribution in [3.63, 3.8) is 0 Å². The SMILES string of the molecule is Cc1ccc(CN2C[C@@]3([N+](=O)[O-])[C@@H]4CC(=O)C[C@@H]3[C@@]([N+](=O)[O-])(C2)C(=O)N4)cc1. The summed E-state index contributed by atoms with van der Waals surface area (Å²) in [6.45, 7) is 1.87. The summed E-state index contributed by atoms with van der Waals surface area (Å²) in [7, 11) is 0. The molecule has 3 aliphatic rings. The highest BCUT2D eigenvalue weighted by Crippen LogP contribution is 2.50. The Balaban J connectivity index is 1.80. The number of piperidine rings is 2. The lowest BCUT2D eigenvalue weighted by molar-refractivity contribution is -0.642. The van der Waals surface area contributed by atoms with Crippen molar-refractivity contribution in [2.45, 2.75) is 43.4 Å². The standard InChI is InChI=1S/C18H20N4O6/c1-11-2-4-12(5-3-11)8-20-9-17(21(25)26)14-6-13(23)7-15(17)19-16(24)18(14,10-20)22(27)28/h2-5,14-15H,6-10H2,1H3,(H,19,24)/t14-,15-,17-,18-/m0/s1. The fraction of sp³-hybridized carbons (Fsp3) is 0.556. The molecule has 4 atom stereocenters. The van der Waals surface area contributed by atoms with Crippen LogP contribution < -0.4 is 5.32 Å². The molecule has 10 heteroatoms. The number of ketones is 1. The van der Waals surface area contributed by atoms with E-state index in [1.54, 1.807) is 4.90 Å². The lowest BCUT2D eigenvalue weighted by Crippen LogP contribution is -2.86. The van der Waals surface area contributed by atoms with Crippen molar-refractivity contribution in [3.05, 3.63) is 55.6 Å². The van der Waals surface area contributed by atoms with Crippen LogP contribution in [0.15, 0.2) is 24.3 Å². The zero-order valence-electron chi connectivity index (χ0n) is 15.3. The minimum atomic E-state index is -2.21. The van der Waals surface area contributed by atoms with Crippen molar-refractivity contribution in [3.8, 4) is 0 Å². The Bertz CT molecular complexity index is 887. The van der Waals surface area contributed by atoms with Crippen molar-refractivity contribution in [2.75, 3.05) is 13.1 Å². The van der Waals surface area contributed by atoms with E-state index in [0.717, 1.165) is 11.1 Å². The first-order valence-corrected chi connectivity index (χ1v) is 9.09. The van der Waals surface area contributed by atoms with Crippen molar-refractivity contribution in [1.29, 1.82) is 0 Å². The van der Waals surface area contributed by atoms with E-state index in [1.165, 1.54) is 0 Å². The number of nitrogens with zero attached hydrogens (tertiary/aromatic N) is 3. The molecule has 0 radical (unpaired) electrons. The van der Waals surface area contributed by atoms with Crippen LogP contribution in [0.2, 0.25) is 0 Å². The molecule has 1 amide bonds. The van der Waals surface area contributed by atoms with E-state index in [0.29, 0.717) is 0 Å². The second kappa shape index (κ2) is 6.06. The summed E-state index contributed by atoms with van der Waals surface area (Å²) in [4.78, 5) is 49.6. The molecule has 1 aromatic rings. The molecule has 0 aromatic heterocycles. The van der Waals surface area contributed by atoms with Crippen molar-refractivity contribution < 1.29 is 19.4 Å². The smallest absolute Gasteiger partial charge is 0.321 e. The molecule has 2 heterocycles. The van der Waals surface area contributed by atoms with Gasteiger partial charge in [-0.2, -0.15) is 0 Å². The first kappa shape index (κ1) is 18.5. The second-order valence-corrected chi connectivity index (χ2v) is 8.09. The summed E-state index contributed by atoms with van der Waals surface area (Å²) in [5, 5.41) is 26.8. The Morgan fingerprint density at radius 2 is 1.79 bits per heavy atom. The summed E-state index contributed by atoms with van der Waals surface area (Å²) >= 11 is 0. The largest absolute Gasteiger partial charge is 0.339 e. The van der Waals surface area contributed by atoms with Crippen molar-refractivity contribution in [1.82, 2.24) is 10.2 Å². The molecule has 4 bridgehead atoms. The molecule has 2 saturated heterocycles. The van der Waals surface area contributed by atoms with Crippen LogP contribution in [0.3, 0.4) is 0 Å². The Hall–Kier alpha value is -2.88. The molecule has 1 aliphatic carbocycles. The van der Waals surface area contributed by atoms with E-state index < -0.39 is 38.8 Å². The number of amides is 1. The average Bonchev–Trinajstić information content (AvgIpc) is 2.61. The molecular weight excluding hydrogens is 368 g/mol. The third-order valence-electron chi connectivity index (χ3n) is 6.48. The van der Waals surface area contributed by atoms with Crippen molar-refractivity contribution >= 4 is 11.7 Å². The van der Waals surface area contributed by atoms with Crippen LogP contribution in [0.1, 0.15) is 24.0 Å². The number of nitro groups is 2. The topological polar surface area (TPSA) is 136 Å². The van der Waals surface area contributed by atoms with Crippen LogP contribution in [0.25, 0.3) is 0 Å². The highest BCUT2D eigenvalue weighted by molar-refractivity contribution is 5.92. The number of Topliss-reactive ketones (excluding diaryl/α,β-unsaturated/α-hetero) is 1. The van der Waals surface area contributed by atoms with Gasteiger partial charge in [-0.3, -0.25) is 34.7 Å². The quantitative estimate of drug-likeness (QED) is 0.579. The summed E-state index contributed by atoms with van der Waals surface area (Å²) in [5.41, 5.74) is -2.06. The van der Waals surface area contributed by atoms with Crippen LogP contribution in [0.4, 0.5) is 0 Å². The molecule has 0 unspecified atom stereocenters. The summed E-state index contributed by atoms with van der Waals surface area (Å²) in [6.07, 6.45) is -0.486. The number of benzene rings is 1. The summed E-state index contributed by atoms with van der Waals surface area (Å²) in [5.74, 6) is -2.36. The Morgan fingerprint density at radius 1 is 1.11 bits per heavy atom. The molecule has 3 fully saturated rings. The molecule has 4 rings (SSSR count). The molecular formula is C18H20N4O6. The zero-order chi connectivity index (χ0) is 20.3. The predicted molar refractivity (Wildman–Crippen MR) is 95.6 cm³/mol. The van der Waals surface area contributed by atoms with Gasteiger partial charge in [-0.15, -0.1) is 0 Å². The van der Waals surface area contributed by atoms with Gasteiger partial charge in [-0.1, -0.05) is 29.8 Å². The van der Waals surface area contributed by atoms with Gasteiger partial charge in [0, 0.05) is 29.2 Å². The van der Waals surface area contributed by atoms with E-state index in [-0.39, 0.29) is 38.3 Å². The monoisotopic (exact) mass is 388 g/mol. The third kappa shape index (κ3) is 2.37. The first-order chi connectivity index (χ1) is 13.2. The number of likely N-dealkylation sites (tertiary alicyclic amines) is 1. The average molecular weight is 388 g/mol. The number of nitrogens with one attached hydrogen (secondary N) is 1. The molecule has 10 nitrogen and oxygen atoms in total. The summed E-state index contributed by atoms with van der Waals surface area (Å²) in [6, 6.07) is 6.48. The normalized spacial score (nSPS) is 34.6. The van der Waals surface area contributed by atoms with Crippen molar-refractivity contribution in [2.24, 2.45) is 5.92 Å². The van der Waals surface area contributed by atoms with Gasteiger partial charge in [0.15, 0.2) is 0 Å². The molecule has 2 aliphatic heterocycles. The lowest BCUT2D eigenvalue weighted by Gasteiger charge is -2.55. The molecule has 1 saturated carbocycles. The Morgan fingerprint density at radius 3 is 2.39 bits per heavy atom. The van der Waals surface area contributed by atoms with Gasteiger partial charge < -0.3 is 5.32 Å². The van der Waals surface area contributed by atoms with E-state index >= 15 is 0 Å². The Labute approximate surface area is 160 Å². The van der Waals surface area contributed by atoms with Gasteiger partial charge in [0.2, 0.25) is 0 Å². The fourth-order valence-corrected chi connectivity index (χ4v) is 5.14. The molecule has 28 heavy (non-hydrogen) atoms. The number of hydrogen-bond acceptors (Lipinski definition) is 7. The second-order valence-electron chi connectivity index (χ2n) is 8.09. The maximum atomic E-state index is 12.8. The molecule has 0 spiro atoms. The van der Waals surface area contributed by atoms with Gasteiger partial charge in [0.25, 0.3) is 11.4 Å². The van der Waals surface area contributed by atoms with Gasteiger partial charge in [0.05, 0.1) is 13.1 Å². The van der Waals surface area contributed by atoms with Crippen LogP contribution in [-0.2, 0) is 16.1 Å². The highest BCUT2D eigenvalue weighted by atomic mass is 16.6. The Kier molecular flexibility index (Phi) is 4.00. The number of carbonyl (C=O) groups is 2. The van der Waals surface area contributed by atoms with Gasteiger partial charge in [-0.05, 0) is 12.5 Å². The van der Waals surface area contributed by atoms with Gasteiger partial charge >= 0.3 is 5.54 Å². The highest BCUT2D eigenvalue weighted by Gasteiger charge is 2.80. The predicted octanol–water partition coefficient (Wildman–Crippen LogP) is 0.319. The van der Waals surface area contributed by atoms with Gasteiger partial charge in [0.1, 0.15) is 17.7 Å². The van der Waals surface area contributed by atoms with Crippen LogP contribution in [-0.4, -0.2) is 56.6 Å². The lowest BCUT2D eigenvalue weighted by atomic mass is 9.56. The van der Waals surface area contributed by atoms with E-state index in [2.05, 4.69) is 5.32 Å². The molecule has 148 valence electrons. The number of hydrogen-bond donors (Lipinski definition) is 1. The fourth-order valence-electron chi connectivity index (χ4n) is 5.14. The maximum Gasteiger partial charge on any atom is 0.321 e. The number of aryl methyl sites for hydroxylation is 1. The van der Waals surface area contributed by atoms with Crippen LogP contribution in [0.5, 0.6) is 0 Å². The number of carbonyl (C=O) groups excluding carboxylic acids is 2. The zero-order valence-corrected chi connectivity index (χ0v) is 15.3. The summed E-state index contributed by atoms with van der Waals surface area (Å²) < 4.78 is 0. The van der Waals surface area contributed by atoms with Crippen LogP contribution in [0, 0.1) is 33.1 Å². The van der Waals surface area contributed by atoms with E-state index in [9.17, 15) is 29.8 Å². The van der Waals surface area contributed by atoms with E-state index in [1.807, 2.05) is 31.2 Å². The number of rotatable bonds is 4. The molecule has 1 N–H and O–H groups in total. The third-order valence-corrected chi connectivity index (χ3v) is 6.48. The maximum absolute atomic E-state index is 12.8. The van der Waals surface area contributed by atoms with E-state index in [4.69, 9.17) is 0 Å².